The second-order valence-electron chi connectivity index (χ2n) is 7.65. The Hall–Kier alpha value is -0.450. The Labute approximate surface area is 185 Å². The van der Waals surface area contributed by atoms with Crippen LogP contribution in [0.1, 0.15) is 44.5 Å². The maximum Gasteiger partial charge on any atom is 0.191 e. The lowest BCUT2D eigenvalue weighted by Gasteiger charge is -2.45. The maximum absolute atomic E-state index is 5.86. The molecule has 2 heterocycles. The topological polar surface area (TPSA) is 61.8 Å². The van der Waals surface area contributed by atoms with Gasteiger partial charge >= 0.3 is 0 Å². The quantitative estimate of drug-likeness (QED) is 0.336. The Kier molecular flexibility index (Phi) is 10.5. The number of aryl methyl sites for hydroxylation is 1. The number of nitrogens with zero attached hydrogens (tertiary/aromatic N) is 3. The lowest BCUT2D eigenvalue weighted by molar-refractivity contribution is -0.0946. The molecule has 1 aliphatic heterocycles. The van der Waals surface area contributed by atoms with Crippen LogP contribution in [-0.2, 0) is 17.6 Å². The van der Waals surface area contributed by atoms with Crippen molar-refractivity contribution >= 4 is 41.3 Å². The molecule has 1 aromatic heterocycles. The van der Waals surface area contributed by atoms with Gasteiger partial charge in [-0.2, -0.15) is 0 Å². The SMILES string of the molecule is CCc1cnc(CCNC(=NC)NCC(C)(C)N2CC(C)OC(C)C2)s1.I. The van der Waals surface area contributed by atoms with Gasteiger partial charge < -0.3 is 15.4 Å². The normalized spacial score (nSPS) is 21.6. The van der Waals surface area contributed by atoms with Crippen LogP contribution in [0.2, 0.25) is 0 Å². The van der Waals surface area contributed by atoms with Crippen LogP contribution >= 0.6 is 35.3 Å². The van der Waals surface area contributed by atoms with Gasteiger partial charge in [-0.15, -0.1) is 35.3 Å². The first-order valence-electron chi connectivity index (χ1n) is 9.62. The molecule has 2 unspecified atom stereocenters. The van der Waals surface area contributed by atoms with Gasteiger partial charge in [-0.05, 0) is 34.1 Å². The average Bonchev–Trinajstić information content (AvgIpc) is 3.05. The van der Waals surface area contributed by atoms with Crippen molar-refractivity contribution in [2.24, 2.45) is 4.99 Å². The highest BCUT2D eigenvalue weighted by atomic mass is 127. The molecule has 156 valence electrons. The highest BCUT2D eigenvalue weighted by molar-refractivity contribution is 14.0. The Balaban J connectivity index is 0.00000364. The standard InChI is InChI=1S/C19H35N5OS.HI/c1-7-16-10-22-17(26-16)8-9-21-18(20-6)23-13-19(4,5)24-11-14(2)25-15(3)12-24;/h10,14-15H,7-9,11-13H2,1-6H3,(H2,20,21,23);1H. The van der Waals surface area contributed by atoms with E-state index < -0.39 is 0 Å². The highest BCUT2D eigenvalue weighted by Gasteiger charge is 2.33. The number of aliphatic imine (C=N–C) groups is 1. The van der Waals surface area contributed by atoms with Gasteiger partial charge in [0.05, 0.1) is 17.2 Å². The molecule has 2 N–H and O–H groups in total. The third-order valence-electron chi connectivity index (χ3n) is 4.77. The predicted octanol–water partition coefficient (Wildman–Crippen LogP) is 2.92. The Morgan fingerprint density at radius 2 is 2.00 bits per heavy atom. The van der Waals surface area contributed by atoms with Crippen molar-refractivity contribution in [2.75, 3.05) is 33.2 Å². The number of halogens is 1. The zero-order chi connectivity index (χ0) is 19.2. The number of guanidine groups is 1. The zero-order valence-electron chi connectivity index (χ0n) is 17.5. The Bertz CT molecular complexity index is 582. The minimum atomic E-state index is 0. The van der Waals surface area contributed by atoms with Crippen molar-refractivity contribution in [2.45, 2.75) is 65.2 Å². The molecule has 1 aliphatic rings. The predicted molar refractivity (Wildman–Crippen MR) is 126 cm³/mol. The van der Waals surface area contributed by atoms with E-state index in [1.807, 2.05) is 13.2 Å². The fraction of sp³-hybridized carbons (Fsp3) is 0.789. The third kappa shape index (κ3) is 7.83. The molecule has 1 fully saturated rings. The van der Waals surface area contributed by atoms with E-state index in [1.54, 1.807) is 11.3 Å². The number of hydrogen-bond donors (Lipinski definition) is 2. The van der Waals surface area contributed by atoms with E-state index in [9.17, 15) is 0 Å². The third-order valence-corrected chi connectivity index (χ3v) is 5.97. The van der Waals surface area contributed by atoms with Crippen LogP contribution < -0.4 is 10.6 Å². The summed E-state index contributed by atoms with van der Waals surface area (Å²) in [6, 6.07) is 0. The first kappa shape index (κ1) is 24.6. The fourth-order valence-electron chi connectivity index (χ4n) is 3.22. The summed E-state index contributed by atoms with van der Waals surface area (Å²) in [7, 11) is 1.82. The number of thiazole rings is 1. The molecule has 8 heteroatoms. The summed E-state index contributed by atoms with van der Waals surface area (Å²) in [6.45, 7) is 14.6. The summed E-state index contributed by atoms with van der Waals surface area (Å²) in [6.07, 6.45) is 4.53. The minimum absolute atomic E-state index is 0. The van der Waals surface area contributed by atoms with Crippen molar-refractivity contribution < 1.29 is 4.74 Å². The lowest BCUT2D eigenvalue weighted by Crippen LogP contribution is -2.59. The van der Waals surface area contributed by atoms with Gasteiger partial charge in [-0.3, -0.25) is 9.89 Å². The maximum atomic E-state index is 5.86. The molecule has 0 spiro atoms. The Morgan fingerprint density at radius 1 is 1.33 bits per heavy atom. The molecule has 0 amide bonds. The molecule has 0 aliphatic carbocycles. The van der Waals surface area contributed by atoms with Gasteiger partial charge in [0, 0.05) is 56.3 Å². The molecular weight excluding hydrogens is 473 g/mol. The number of morpholine rings is 1. The second-order valence-corrected chi connectivity index (χ2v) is 8.85. The highest BCUT2D eigenvalue weighted by Crippen LogP contribution is 2.20. The first-order chi connectivity index (χ1) is 12.3. The van der Waals surface area contributed by atoms with Gasteiger partial charge in [-0.1, -0.05) is 6.92 Å². The van der Waals surface area contributed by atoms with Crippen LogP contribution in [-0.4, -0.2) is 66.8 Å². The van der Waals surface area contributed by atoms with Gasteiger partial charge in [0.15, 0.2) is 5.96 Å². The van der Waals surface area contributed by atoms with Crippen molar-refractivity contribution in [1.82, 2.24) is 20.5 Å². The number of ether oxygens (including phenoxy) is 1. The number of hydrogen-bond acceptors (Lipinski definition) is 5. The van der Waals surface area contributed by atoms with E-state index in [-0.39, 0.29) is 41.7 Å². The molecule has 1 aromatic rings. The van der Waals surface area contributed by atoms with Crippen molar-refractivity contribution in [3.8, 4) is 0 Å². The Morgan fingerprint density at radius 3 is 2.56 bits per heavy atom. The average molecular weight is 510 g/mol. The monoisotopic (exact) mass is 509 g/mol. The van der Waals surface area contributed by atoms with E-state index >= 15 is 0 Å². The molecule has 0 bridgehead atoms. The molecule has 0 saturated carbocycles. The van der Waals surface area contributed by atoms with E-state index in [1.165, 1.54) is 9.88 Å². The first-order valence-corrected chi connectivity index (χ1v) is 10.4. The molecule has 0 aromatic carbocycles. The zero-order valence-corrected chi connectivity index (χ0v) is 20.7. The van der Waals surface area contributed by atoms with Crippen molar-refractivity contribution in [3.63, 3.8) is 0 Å². The van der Waals surface area contributed by atoms with Crippen LogP contribution in [0.3, 0.4) is 0 Å². The molecule has 0 radical (unpaired) electrons. The summed E-state index contributed by atoms with van der Waals surface area (Å²) < 4.78 is 5.86. The van der Waals surface area contributed by atoms with Crippen LogP contribution in [0.5, 0.6) is 0 Å². The smallest absolute Gasteiger partial charge is 0.191 e. The number of rotatable bonds is 7. The van der Waals surface area contributed by atoms with Crippen LogP contribution in [0.25, 0.3) is 0 Å². The van der Waals surface area contributed by atoms with Crippen molar-refractivity contribution in [3.05, 3.63) is 16.1 Å². The summed E-state index contributed by atoms with van der Waals surface area (Å²) >= 11 is 1.80. The molecule has 27 heavy (non-hydrogen) atoms. The van der Waals surface area contributed by atoms with E-state index in [4.69, 9.17) is 4.74 Å². The fourth-order valence-corrected chi connectivity index (χ4v) is 4.08. The van der Waals surface area contributed by atoms with Crippen LogP contribution in [0, 0.1) is 0 Å². The molecule has 1 saturated heterocycles. The summed E-state index contributed by atoms with van der Waals surface area (Å²) in [5.74, 6) is 0.847. The van der Waals surface area contributed by atoms with E-state index in [2.05, 4.69) is 60.1 Å². The van der Waals surface area contributed by atoms with Gasteiger partial charge in [0.1, 0.15) is 0 Å². The van der Waals surface area contributed by atoms with Gasteiger partial charge in [0.25, 0.3) is 0 Å². The van der Waals surface area contributed by atoms with Crippen molar-refractivity contribution in [1.29, 1.82) is 0 Å². The number of nitrogens with one attached hydrogen (secondary N) is 2. The summed E-state index contributed by atoms with van der Waals surface area (Å²) in [5.41, 5.74) is 0.0370. The van der Waals surface area contributed by atoms with Crippen LogP contribution in [0.4, 0.5) is 0 Å². The van der Waals surface area contributed by atoms with Crippen LogP contribution in [0.15, 0.2) is 11.2 Å². The van der Waals surface area contributed by atoms with E-state index in [0.717, 1.165) is 45.0 Å². The molecule has 6 nitrogen and oxygen atoms in total. The van der Waals surface area contributed by atoms with Gasteiger partial charge in [0.2, 0.25) is 0 Å². The summed E-state index contributed by atoms with van der Waals surface area (Å²) in [4.78, 5) is 12.7. The second kappa shape index (κ2) is 11.5. The largest absolute Gasteiger partial charge is 0.373 e. The number of aromatic nitrogens is 1. The molecule has 2 rings (SSSR count). The summed E-state index contributed by atoms with van der Waals surface area (Å²) in [5, 5.41) is 8.06. The van der Waals surface area contributed by atoms with E-state index in [0.29, 0.717) is 0 Å². The minimum Gasteiger partial charge on any atom is -0.373 e. The lowest BCUT2D eigenvalue weighted by atomic mass is 10.00. The molecule has 2 atom stereocenters. The molecular formula is C19H36IN5OS. The van der Waals surface area contributed by atoms with Gasteiger partial charge in [-0.25, -0.2) is 4.98 Å².